The van der Waals surface area contributed by atoms with Crippen LogP contribution in [0.25, 0.3) is 11.3 Å². The zero-order chi connectivity index (χ0) is 18.8. The number of pyridine rings is 1. The lowest BCUT2D eigenvalue weighted by Gasteiger charge is -2.16. The Hall–Kier alpha value is -3.09. The molecule has 1 atom stereocenters. The van der Waals surface area contributed by atoms with Crippen LogP contribution >= 0.6 is 0 Å². The second-order valence-corrected chi connectivity index (χ2v) is 6.92. The fraction of sp³-hybridized carbons (Fsp3) is 0.350. The number of aromatic nitrogens is 4. The molecular weight excluding hydrogens is 342 g/mol. The summed E-state index contributed by atoms with van der Waals surface area (Å²) in [7, 11) is 0. The smallest absolute Gasteiger partial charge is 0.272 e. The largest absolute Gasteiger partial charge is 0.361 e. The Balaban J connectivity index is 1.45. The summed E-state index contributed by atoms with van der Waals surface area (Å²) in [6, 6.07) is 7.69. The lowest BCUT2D eigenvalue weighted by molar-refractivity contribution is 0.0781. The van der Waals surface area contributed by atoms with E-state index in [2.05, 4.69) is 15.1 Å². The van der Waals surface area contributed by atoms with Gasteiger partial charge in [0.2, 0.25) is 0 Å². The quantitative estimate of drug-likeness (QED) is 0.709. The van der Waals surface area contributed by atoms with Crippen LogP contribution in [0.5, 0.6) is 0 Å². The number of likely N-dealkylation sites (tertiary alicyclic amines) is 1. The van der Waals surface area contributed by atoms with Crippen molar-refractivity contribution >= 4 is 5.91 Å². The van der Waals surface area contributed by atoms with Crippen molar-refractivity contribution in [1.29, 1.82) is 0 Å². The van der Waals surface area contributed by atoms with Gasteiger partial charge in [-0.3, -0.25) is 9.78 Å². The third-order valence-corrected chi connectivity index (χ3v) is 4.97. The molecular formula is C20H21N5O2. The molecule has 0 saturated carbocycles. The molecule has 3 aromatic heterocycles. The van der Waals surface area contributed by atoms with Crippen molar-refractivity contribution in [1.82, 2.24) is 25.0 Å². The molecule has 1 amide bonds. The average Bonchev–Trinajstić information content (AvgIpc) is 3.28. The Morgan fingerprint density at radius 1 is 1.30 bits per heavy atom. The molecule has 0 N–H and O–H groups in total. The minimum Gasteiger partial charge on any atom is -0.361 e. The zero-order valence-electron chi connectivity index (χ0n) is 15.4. The van der Waals surface area contributed by atoms with E-state index in [-0.39, 0.29) is 5.91 Å². The summed E-state index contributed by atoms with van der Waals surface area (Å²) in [5.74, 6) is 1.14. The molecule has 0 radical (unpaired) electrons. The van der Waals surface area contributed by atoms with Crippen molar-refractivity contribution in [2.24, 2.45) is 5.92 Å². The van der Waals surface area contributed by atoms with Gasteiger partial charge in [0, 0.05) is 25.0 Å². The number of aryl methyl sites for hydroxylation is 2. The Kier molecular flexibility index (Phi) is 4.66. The van der Waals surface area contributed by atoms with E-state index >= 15 is 0 Å². The van der Waals surface area contributed by atoms with E-state index in [0.717, 1.165) is 54.3 Å². The molecule has 3 aromatic rings. The van der Waals surface area contributed by atoms with Gasteiger partial charge in [-0.25, -0.2) is 9.97 Å². The van der Waals surface area contributed by atoms with Crippen LogP contribution < -0.4 is 0 Å². The lowest BCUT2D eigenvalue weighted by atomic mass is 10.0. The Morgan fingerprint density at radius 2 is 2.19 bits per heavy atom. The SMILES string of the molecule is Cc1noc(C)c1-c1cccc(CC2CCN(C(=O)c3ccncn3)C2)n1. The van der Waals surface area contributed by atoms with E-state index in [1.807, 2.05) is 36.9 Å². The Morgan fingerprint density at radius 3 is 2.93 bits per heavy atom. The van der Waals surface area contributed by atoms with Crippen LogP contribution in [-0.4, -0.2) is 44.0 Å². The molecule has 0 spiro atoms. The third-order valence-electron chi connectivity index (χ3n) is 4.97. The van der Waals surface area contributed by atoms with Crippen LogP contribution in [0, 0.1) is 19.8 Å². The van der Waals surface area contributed by atoms with Crippen molar-refractivity contribution in [3.63, 3.8) is 0 Å². The molecule has 4 heterocycles. The first-order chi connectivity index (χ1) is 13.1. The highest BCUT2D eigenvalue weighted by Gasteiger charge is 2.28. The maximum Gasteiger partial charge on any atom is 0.272 e. The first kappa shape index (κ1) is 17.3. The van der Waals surface area contributed by atoms with Gasteiger partial charge in [-0.1, -0.05) is 11.2 Å². The third kappa shape index (κ3) is 3.58. The average molecular weight is 363 g/mol. The van der Waals surface area contributed by atoms with Crippen LogP contribution in [0.2, 0.25) is 0 Å². The van der Waals surface area contributed by atoms with Crippen molar-refractivity contribution in [3.8, 4) is 11.3 Å². The normalized spacial score (nSPS) is 16.7. The summed E-state index contributed by atoms with van der Waals surface area (Å²) in [6.07, 6.45) is 4.81. The number of carbonyl (C=O) groups excluding carboxylic acids is 1. The maximum atomic E-state index is 12.5. The summed E-state index contributed by atoms with van der Waals surface area (Å²) in [4.78, 5) is 27.1. The second kappa shape index (κ2) is 7.26. The summed E-state index contributed by atoms with van der Waals surface area (Å²) < 4.78 is 5.26. The van der Waals surface area contributed by atoms with Gasteiger partial charge in [0.1, 0.15) is 17.8 Å². The summed E-state index contributed by atoms with van der Waals surface area (Å²) >= 11 is 0. The fourth-order valence-electron chi connectivity index (χ4n) is 3.64. The van der Waals surface area contributed by atoms with Crippen molar-refractivity contribution in [2.45, 2.75) is 26.7 Å². The van der Waals surface area contributed by atoms with Gasteiger partial charge in [0.25, 0.3) is 5.91 Å². The fourth-order valence-corrected chi connectivity index (χ4v) is 3.64. The van der Waals surface area contributed by atoms with Crippen molar-refractivity contribution < 1.29 is 9.32 Å². The number of hydrogen-bond acceptors (Lipinski definition) is 6. The van der Waals surface area contributed by atoms with Crippen LogP contribution in [-0.2, 0) is 6.42 Å². The molecule has 7 nitrogen and oxygen atoms in total. The zero-order valence-corrected chi connectivity index (χ0v) is 15.4. The minimum absolute atomic E-state index is 0.0302. The predicted octanol–water partition coefficient (Wildman–Crippen LogP) is 2.85. The molecule has 1 saturated heterocycles. The number of hydrogen-bond donors (Lipinski definition) is 0. The highest BCUT2D eigenvalue weighted by atomic mass is 16.5. The van der Waals surface area contributed by atoms with E-state index < -0.39 is 0 Å². The molecule has 1 aliphatic heterocycles. The summed E-state index contributed by atoms with van der Waals surface area (Å²) in [5, 5.41) is 4.01. The Bertz CT molecular complexity index is 935. The molecule has 27 heavy (non-hydrogen) atoms. The van der Waals surface area contributed by atoms with Gasteiger partial charge < -0.3 is 9.42 Å². The number of nitrogens with zero attached hydrogens (tertiary/aromatic N) is 5. The molecule has 0 bridgehead atoms. The summed E-state index contributed by atoms with van der Waals surface area (Å²) in [5.41, 5.74) is 4.16. The van der Waals surface area contributed by atoms with Crippen molar-refractivity contribution in [3.05, 3.63) is 59.6 Å². The summed E-state index contributed by atoms with van der Waals surface area (Å²) in [6.45, 7) is 5.29. The lowest BCUT2D eigenvalue weighted by Crippen LogP contribution is -2.29. The predicted molar refractivity (Wildman–Crippen MR) is 99.0 cm³/mol. The van der Waals surface area contributed by atoms with E-state index in [0.29, 0.717) is 11.6 Å². The van der Waals surface area contributed by atoms with Crippen LogP contribution in [0.15, 0.2) is 41.3 Å². The van der Waals surface area contributed by atoms with Gasteiger partial charge >= 0.3 is 0 Å². The van der Waals surface area contributed by atoms with Crippen LogP contribution in [0.4, 0.5) is 0 Å². The van der Waals surface area contributed by atoms with Gasteiger partial charge in [0.15, 0.2) is 0 Å². The number of amides is 1. The highest BCUT2D eigenvalue weighted by molar-refractivity contribution is 5.92. The molecule has 1 aliphatic rings. The van der Waals surface area contributed by atoms with Crippen LogP contribution in [0.3, 0.4) is 0 Å². The van der Waals surface area contributed by atoms with Gasteiger partial charge in [-0.05, 0) is 50.8 Å². The molecule has 138 valence electrons. The molecule has 4 rings (SSSR count). The topological polar surface area (TPSA) is 85.0 Å². The number of carbonyl (C=O) groups is 1. The molecule has 0 aliphatic carbocycles. The monoisotopic (exact) mass is 363 g/mol. The van der Waals surface area contributed by atoms with E-state index in [1.165, 1.54) is 6.33 Å². The van der Waals surface area contributed by atoms with Crippen molar-refractivity contribution in [2.75, 3.05) is 13.1 Å². The van der Waals surface area contributed by atoms with Gasteiger partial charge in [0.05, 0.1) is 17.0 Å². The molecule has 7 heteroatoms. The standard InChI is InChI=1S/C20H21N5O2/c1-13-19(14(2)27-24-13)17-5-3-4-16(23-17)10-15-7-9-25(11-15)20(26)18-6-8-21-12-22-18/h3-6,8,12,15H,7,9-11H2,1-2H3. The van der Waals surface area contributed by atoms with E-state index in [4.69, 9.17) is 9.51 Å². The minimum atomic E-state index is -0.0302. The Labute approximate surface area is 157 Å². The maximum absolute atomic E-state index is 12.5. The molecule has 1 fully saturated rings. The van der Waals surface area contributed by atoms with E-state index in [1.54, 1.807) is 12.3 Å². The van der Waals surface area contributed by atoms with Gasteiger partial charge in [-0.15, -0.1) is 0 Å². The van der Waals surface area contributed by atoms with E-state index in [9.17, 15) is 4.79 Å². The molecule has 0 aromatic carbocycles. The van der Waals surface area contributed by atoms with Gasteiger partial charge in [-0.2, -0.15) is 0 Å². The first-order valence-electron chi connectivity index (χ1n) is 9.06. The second-order valence-electron chi connectivity index (χ2n) is 6.92. The van der Waals surface area contributed by atoms with Crippen LogP contribution in [0.1, 0.15) is 34.1 Å². The molecule has 1 unspecified atom stereocenters. The first-order valence-corrected chi connectivity index (χ1v) is 9.06. The highest BCUT2D eigenvalue weighted by Crippen LogP contribution is 2.27. The number of rotatable bonds is 4.